The van der Waals surface area contributed by atoms with Gasteiger partial charge in [0.25, 0.3) is 5.91 Å². The number of anilines is 1. The fourth-order valence-corrected chi connectivity index (χ4v) is 2.94. The lowest BCUT2D eigenvalue weighted by molar-refractivity contribution is -0.674. The molecule has 2 N–H and O–H groups in total. The molecule has 0 aromatic heterocycles. The summed E-state index contributed by atoms with van der Waals surface area (Å²) in [5, 5.41) is 1.97. The molecule has 2 amide bonds. The highest BCUT2D eigenvalue weighted by Gasteiger charge is 2.41. The highest BCUT2D eigenvalue weighted by atomic mass is 16.5. The lowest BCUT2D eigenvalue weighted by Crippen LogP contribution is -2.92. The second-order valence-electron chi connectivity index (χ2n) is 5.84. The van der Waals surface area contributed by atoms with Crippen molar-refractivity contribution < 1.29 is 19.6 Å². The number of imide groups is 1. The number of methoxy groups -OCH3 is 1. The van der Waals surface area contributed by atoms with Gasteiger partial charge in [0, 0.05) is 6.42 Å². The Balaban J connectivity index is 1.61. The van der Waals surface area contributed by atoms with Crippen molar-refractivity contribution in [3.8, 4) is 5.75 Å². The van der Waals surface area contributed by atoms with E-state index in [9.17, 15) is 9.59 Å². The molecule has 1 heterocycles. The Hall–Kier alpha value is -2.66. The van der Waals surface area contributed by atoms with Crippen molar-refractivity contribution >= 4 is 17.5 Å². The van der Waals surface area contributed by atoms with E-state index in [-0.39, 0.29) is 24.3 Å². The monoisotopic (exact) mass is 325 g/mol. The maximum Gasteiger partial charge on any atom is 0.292 e. The Kier molecular flexibility index (Phi) is 4.91. The number of ether oxygens (including phenoxy) is 1. The quantitative estimate of drug-likeness (QED) is 0.810. The molecule has 124 valence electrons. The second kappa shape index (κ2) is 7.27. The number of amides is 2. The summed E-state index contributed by atoms with van der Waals surface area (Å²) in [6, 6.07) is 16.8. The van der Waals surface area contributed by atoms with Crippen molar-refractivity contribution in [2.75, 3.05) is 18.6 Å². The predicted molar refractivity (Wildman–Crippen MR) is 90.8 cm³/mol. The minimum absolute atomic E-state index is 0.141. The molecule has 0 bridgehead atoms. The maximum absolute atomic E-state index is 12.6. The number of quaternary nitrogens is 1. The molecule has 0 saturated carbocycles. The summed E-state index contributed by atoms with van der Waals surface area (Å²) in [6.45, 7) is 0.782. The van der Waals surface area contributed by atoms with Crippen LogP contribution in [0.15, 0.2) is 54.6 Å². The Morgan fingerprint density at radius 3 is 2.46 bits per heavy atom. The van der Waals surface area contributed by atoms with Gasteiger partial charge in [-0.3, -0.25) is 9.59 Å². The van der Waals surface area contributed by atoms with Crippen molar-refractivity contribution in [1.82, 2.24) is 0 Å². The third kappa shape index (κ3) is 3.46. The molecule has 1 aliphatic rings. The summed E-state index contributed by atoms with van der Waals surface area (Å²) in [4.78, 5) is 26.1. The highest BCUT2D eigenvalue weighted by Crippen LogP contribution is 2.24. The minimum atomic E-state index is -0.330. The number of nitrogens with zero attached hydrogens (tertiary/aromatic N) is 1. The lowest BCUT2D eigenvalue weighted by Gasteiger charge is -2.14. The molecule has 0 radical (unpaired) electrons. The fraction of sp³-hybridized carbons (Fsp3) is 0.263. The van der Waals surface area contributed by atoms with Gasteiger partial charge in [0.2, 0.25) is 5.91 Å². The van der Waals surface area contributed by atoms with Crippen molar-refractivity contribution in [3.63, 3.8) is 0 Å². The zero-order chi connectivity index (χ0) is 16.9. The molecular weight excluding hydrogens is 304 g/mol. The van der Waals surface area contributed by atoms with Gasteiger partial charge in [-0.05, 0) is 29.8 Å². The standard InChI is InChI=1S/C19H20N2O3/c1-24-16-9-7-15(8-10-16)21-18(22)13-17(19(21)23)20-12-11-14-5-3-2-4-6-14/h2-10,17,20H,11-13H2,1H3/p+1/t17-/m0/s1. The van der Waals surface area contributed by atoms with Gasteiger partial charge >= 0.3 is 0 Å². The van der Waals surface area contributed by atoms with E-state index in [1.807, 2.05) is 23.5 Å². The van der Waals surface area contributed by atoms with Crippen molar-refractivity contribution in [2.45, 2.75) is 18.9 Å². The van der Waals surface area contributed by atoms with Crippen LogP contribution in [0.3, 0.4) is 0 Å². The molecule has 1 atom stereocenters. The Morgan fingerprint density at radius 1 is 1.08 bits per heavy atom. The van der Waals surface area contributed by atoms with Crippen LogP contribution in [-0.2, 0) is 16.0 Å². The van der Waals surface area contributed by atoms with Crippen LogP contribution in [0.1, 0.15) is 12.0 Å². The number of rotatable bonds is 6. The van der Waals surface area contributed by atoms with Crippen LogP contribution in [0.4, 0.5) is 5.69 Å². The number of benzene rings is 2. The molecule has 1 fully saturated rings. The van der Waals surface area contributed by atoms with Crippen LogP contribution < -0.4 is 15.0 Å². The number of carbonyl (C=O) groups is 2. The van der Waals surface area contributed by atoms with Gasteiger partial charge in [0.05, 0.1) is 25.8 Å². The van der Waals surface area contributed by atoms with Gasteiger partial charge in [-0.25, -0.2) is 4.90 Å². The summed E-state index contributed by atoms with van der Waals surface area (Å²) in [5.41, 5.74) is 1.84. The van der Waals surface area contributed by atoms with Crippen LogP contribution in [0.25, 0.3) is 0 Å². The first kappa shape index (κ1) is 16.2. The predicted octanol–water partition coefficient (Wildman–Crippen LogP) is 1.13. The zero-order valence-electron chi connectivity index (χ0n) is 13.6. The Labute approximate surface area is 141 Å². The number of nitrogens with two attached hydrogens (primary N) is 1. The van der Waals surface area contributed by atoms with E-state index in [1.165, 1.54) is 10.5 Å². The fourth-order valence-electron chi connectivity index (χ4n) is 2.94. The summed E-state index contributed by atoms with van der Waals surface area (Å²) < 4.78 is 5.11. The molecule has 24 heavy (non-hydrogen) atoms. The zero-order valence-corrected chi connectivity index (χ0v) is 13.6. The highest BCUT2D eigenvalue weighted by molar-refractivity contribution is 6.21. The average molecular weight is 325 g/mol. The second-order valence-corrected chi connectivity index (χ2v) is 5.84. The van der Waals surface area contributed by atoms with Crippen LogP contribution in [0.5, 0.6) is 5.75 Å². The van der Waals surface area contributed by atoms with Gasteiger partial charge in [0.1, 0.15) is 5.75 Å². The van der Waals surface area contributed by atoms with Crippen LogP contribution >= 0.6 is 0 Å². The van der Waals surface area contributed by atoms with Crippen molar-refractivity contribution in [1.29, 1.82) is 0 Å². The van der Waals surface area contributed by atoms with E-state index in [1.54, 1.807) is 31.4 Å². The molecule has 2 aromatic rings. The van der Waals surface area contributed by atoms with E-state index in [0.29, 0.717) is 11.4 Å². The molecule has 0 spiro atoms. The van der Waals surface area contributed by atoms with Gasteiger partial charge in [0.15, 0.2) is 6.04 Å². The molecule has 1 saturated heterocycles. The first-order valence-electron chi connectivity index (χ1n) is 8.07. The smallest absolute Gasteiger partial charge is 0.292 e. The molecule has 5 nitrogen and oxygen atoms in total. The summed E-state index contributed by atoms with van der Waals surface area (Å²) in [7, 11) is 1.58. The van der Waals surface area contributed by atoms with Crippen LogP contribution in [0.2, 0.25) is 0 Å². The van der Waals surface area contributed by atoms with Gasteiger partial charge in [-0.2, -0.15) is 0 Å². The van der Waals surface area contributed by atoms with Crippen LogP contribution in [-0.4, -0.2) is 31.5 Å². The topological polar surface area (TPSA) is 63.2 Å². The third-order valence-electron chi connectivity index (χ3n) is 4.24. The van der Waals surface area contributed by atoms with Gasteiger partial charge in [-0.1, -0.05) is 30.3 Å². The van der Waals surface area contributed by atoms with E-state index in [0.717, 1.165) is 13.0 Å². The maximum atomic E-state index is 12.6. The summed E-state index contributed by atoms with van der Waals surface area (Å²) in [6.07, 6.45) is 1.13. The first-order chi connectivity index (χ1) is 11.7. The van der Waals surface area contributed by atoms with E-state index in [2.05, 4.69) is 12.1 Å². The molecule has 1 aliphatic heterocycles. The minimum Gasteiger partial charge on any atom is -0.497 e. The van der Waals surface area contributed by atoms with E-state index < -0.39 is 0 Å². The SMILES string of the molecule is COc1ccc(N2C(=O)C[C@H]([NH2+]CCc3ccccc3)C2=O)cc1. The normalized spacial score (nSPS) is 17.4. The molecule has 0 aliphatic carbocycles. The summed E-state index contributed by atoms with van der Waals surface area (Å²) in [5.74, 6) is 0.410. The lowest BCUT2D eigenvalue weighted by atomic mass is 10.1. The van der Waals surface area contributed by atoms with E-state index >= 15 is 0 Å². The number of hydrogen-bond acceptors (Lipinski definition) is 3. The molecule has 2 aromatic carbocycles. The molecule has 0 unspecified atom stereocenters. The Morgan fingerprint density at radius 2 is 1.79 bits per heavy atom. The Bertz CT molecular complexity index is 713. The third-order valence-corrected chi connectivity index (χ3v) is 4.24. The van der Waals surface area contributed by atoms with Crippen molar-refractivity contribution in [2.24, 2.45) is 0 Å². The molecular formula is C19H21N2O3+. The largest absolute Gasteiger partial charge is 0.497 e. The average Bonchev–Trinajstić information content (AvgIpc) is 2.90. The van der Waals surface area contributed by atoms with Gasteiger partial charge in [-0.15, -0.1) is 0 Å². The van der Waals surface area contributed by atoms with Gasteiger partial charge < -0.3 is 10.1 Å². The van der Waals surface area contributed by atoms with E-state index in [4.69, 9.17) is 4.74 Å². The van der Waals surface area contributed by atoms with Crippen molar-refractivity contribution in [3.05, 3.63) is 60.2 Å². The number of carbonyl (C=O) groups excluding carboxylic acids is 2. The first-order valence-corrected chi connectivity index (χ1v) is 8.07. The number of hydrogen-bond donors (Lipinski definition) is 1. The van der Waals surface area contributed by atoms with Crippen LogP contribution in [0, 0.1) is 0 Å². The molecule has 3 rings (SSSR count). The molecule has 5 heteroatoms. The summed E-state index contributed by atoms with van der Waals surface area (Å²) >= 11 is 0.